The molecule has 19 heavy (non-hydrogen) atoms. The number of nitrogens with one attached hydrogen (secondary N) is 2. The average molecular weight is 262 g/mol. The van der Waals surface area contributed by atoms with Gasteiger partial charge in [0.2, 0.25) is 5.91 Å². The zero-order valence-corrected chi connectivity index (χ0v) is 11.4. The maximum atomic E-state index is 12.0. The Bertz CT molecular complexity index is 417. The molecule has 1 aliphatic rings. The Morgan fingerprint density at radius 1 is 1.42 bits per heavy atom. The van der Waals surface area contributed by atoms with E-state index in [2.05, 4.69) is 17.6 Å². The average Bonchev–Trinajstić information content (AvgIpc) is 2.42. The first-order chi connectivity index (χ1) is 9.19. The van der Waals surface area contributed by atoms with Crippen LogP contribution in [0.4, 0.5) is 5.69 Å². The summed E-state index contributed by atoms with van der Waals surface area (Å²) in [6, 6.07) is 7.56. The molecule has 0 aliphatic carbocycles. The van der Waals surface area contributed by atoms with Gasteiger partial charge in [0, 0.05) is 18.2 Å². The second-order valence-corrected chi connectivity index (χ2v) is 5.29. The van der Waals surface area contributed by atoms with E-state index in [0.717, 1.165) is 17.8 Å². The lowest BCUT2D eigenvalue weighted by Gasteiger charge is -2.29. The summed E-state index contributed by atoms with van der Waals surface area (Å²) in [4.78, 5) is 12.0. The number of aliphatic hydroxyl groups is 1. The molecule has 1 heterocycles. The topological polar surface area (TPSA) is 61.4 Å². The molecule has 2 atom stereocenters. The van der Waals surface area contributed by atoms with Crippen molar-refractivity contribution in [3.8, 4) is 0 Å². The van der Waals surface area contributed by atoms with Gasteiger partial charge in [0.1, 0.15) is 0 Å². The number of hydrogen-bond acceptors (Lipinski definition) is 3. The highest BCUT2D eigenvalue weighted by Gasteiger charge is 2.23. The second-order valence-electron chi connectivity index (χ2n) is 5.29. The van der Waals surface area contributed by atoms with Crippen LogP contribution in [0.15, 0.2) is 24.3 Å². The summed E-state index contributed by atoms with van der Waals surface area (Å²) >= 11 is 0. The van der Waals surface area contributed by atoms with Crippen molar-refractivity contribution in [1.29, 1.82) is 0 Å². The number of piperidine rings is 1. The molecule has 1 aromatic carbocycles. The van der Waals surface area contributed by atoms with Crippen LogP contribution >= 0.6 is 0 Å². The fourth-order valence-corrected chi connectivity index (χ4v) is 2.49. The van der Waals surface area contributed by atoms with E-state index in [0.29, 0.717) is 12.3 Å². The van der Waals surface area contributed by atoms with Crippen LogP contribution in [0, 0.1) is 5.92 Å². The van der Waals surface area contributed by atoms with Gasteiger partial charge in [-0.2, -0.15) is 0 Å². The fourth-order valence-electron chi connectivity index (χ4n) is 2.49. The van der Waals surface area contributed by atoms with Gasteiger partial charge in [0.05, 0.1) is 6.61 Å². The van der Waals surface area contributed by atoms with Gasteiger partial charge in [0.25, 0.3) is 0 Å². The second kappa shape index (κ2) is 6.68. The van der Waals surface area contributed by atoms with Crippen LogP contribution < -0.4 is 10.6 Å². The van der Waals surface area contributed by atoms with E-state index in [1.807, 2.05) is 24.3 Å². The van der Waals surface area contributed by atoms with Crippen molar-refractivity contribution >= 4 is 11.6 Å². The van der Waals surface area contributed by atoms with E-state index >= 15 is 0 Å². The Hall–Kier alpha value is -1.39. The molecule has 1 aliphatic heterocycles. The molecular weight excluding hydrogens is 240 g/mol. The van der Waals surface area contributed by atoms with Gasteiger partial charge in [-0.05, 0) is 43.0 Å². The van der Waals surface area contributed by atoms with Gasteiger partial charge in [-0.15, -0.1) is 0 Å². The van der Waals surface area contributed by atoms with E-state index in [9.17, 15) is 4.79 Å². The fraction of sp³-hybridized carbons (Fsp3) is 0.533. The lowest BCUT2D eigenvalue weighted by molar-refractivity contribution is -0.117. The minimum atomic E-state index is 0.0255. The molecule has 2 rings (SSSR count). The molecule has 0 radical (unpaired) electrons. The van der Waals surface area contributed by atoms with Crippen LogP contribution in [0.3, 0.4) is 0 Å². The van der Waals surface area contributed by atoms with E-state index in [1.54, 1.807) is 0 Å². The van der Waals surface area contributed by atoms with E-state index in [4.69, 9.17) is 5.11 Å². The van der Waals surface area contributed by atoms with Crippen LogP contribution in [-0.2, 0) is 11.4 Å². The molecule has 3 N–H and O–H groups in total. The van der Waals surface area contributed by atoms with Crippen LogP contribution in [0.1, 0.15) is 31.7 Å². The van der Waals surface area contributed by atoms with Crippen molar-refractivity contribution in [2.45, 2.75) is 38.8 Å². The Balaban J connectivity index is 1.86. The number of amides is 1. The molecule has 0 bridgehead atoms. The van der Waals surface area contributed by atoms with Gasteiger partial charge in [-0.1, -0.05) is 19.1 Å². The third-order valence-corrected chi connectivity index (χ3v) is 3.76. The van der Waals surface area contributed by atoms with Crippen LogP contribution in [0.25, 0.3) is 0 Å². The molecule has 104 valence electrons. The summed E-state index contributed by atoms with van der Waals surface area (Å²) in [5, 5.41) is 15.3. The van der Waals surface area contributed by atoms with Crippen molar-refractivity contribution in [2.75, 3.05) is 11.9 Å². The first-order valence-corrected chi connectivity index (χ1v) is 6.92. The van der Waals surface area contributed by atoms with E-state index in [-0.39, 0.29) is 18.6 Å². The normalized spacial score (nSPS) is 23.1. The third kappa shape index (κ3) is 4.04. The number of carbonyl (C=O) groups is 1. The lowest BCUT2D eigenvalue weighted by Crippen LogP contribution is -2.42. The van der Waals surface area contributed by atoms with Crippen LogP contribution in [0.2, 0.25) is 0 Å². The zero-order chi connectivity index (χ0) is 13.7. The van der Waals surface area contributed by atoms with E-state index in [1.165, 1.54) is 12.8 Å². The Kier molecular flexibility index (Phi) is 4.93. The number of rotatable bonds is 4. The van der Waals surface area contributed by atoms with Crippen LogP contribution in [0.5, 0.6) is 0 Å². The molecule has 1 aromatic rings. The Labute approximate surface area is 114 Å². The van der Waals surface area contributed by atoms with Gasteiger partial charge < -0.3 is 15.7 Å². The zero-order valence-electron chi connectivity index (χ0n) is 11.4. The lowest BCUT2D eigenvalue weighted by atomic mass is 9.90. The number of carbonyl (C=O) groups excluding carboxylic acids is 1. The number of anilines is 1. The summed E-state index contributed by atoms with van der Waals surface area (Å²) in [5.74, 6) is 0.597. The molecule has 0 saturated carbocycles. The van der Waals surface area contributed by atoms with Gasteiger partial charge >= 0.3 is 0 Å². The molecule has 4 nitrogen and oxygen atoms in total. The highest BCUT2D eigenvalue weighted by Crippen LogP contribution is 2.18. The summed E-state index contributed by atoms with van der Waals surface area (Å²) in [5.41, 5.74) is 1.63. The highest BCUT2D eigenvalue weighted by molar-refractivity contribution is 5.91. The molecule has 2 unspecified atom stereocenters. The number of benzene rings is 1. The third-order valence-electron chi connectivity index (χ3n) is 3.76. The predicted molar refractivity (Wildman–Crippen MR) is 75.8 cm³/mol. The minimum absolute atomic E-state index is 0.0255. The SMILES string of the molecule is CC1CCCNC1CC(=O)Nc1ccc(CO)cc1. The Morgan fingerprint density at radius 3 is 2.79 bits per heavy atom. The standard InChI is InChI=1S/C15H22N2O2/c1-11-3-2-8-16-14(11)9-15(19)17-13-6-4-12(10-18)5-7-13/h4-7,11,14,16,18H,2-3,8-10H2,1H3,(H,17,19). The molecule has 1 saturated heterocycles. The predicted octanol–water partition coefficient (Wildman–Crippen LogP) is 1.90. The monoisotopic (exact) mass is 262 g/mol. The first-order valence-electron chi connectivity index (χ1n) is 6.92. The van der Waals surface area contributed by atoms with Gasteiger partial charge in [-0.3, -0.25) is 4.79 Å². The quantitative estimate of drug-likeness (QED) is 0.776. The summed E-state index contributed by atoms with van der Waals surface area (Å²) in [7, 11) is 0. The van der Waals surface area contributed by atoms with Crippen molar-refractivity contribution in [2.24, 2.45) is 5.92 Å². The minimum Gasteiger partial charge on any atom is -0.392 e. The van der Waals surface area contributed by atoms with Gasteiger partial charge in [-0.25, -0.2) is 0 Å². The maximum Gasteiger partial charge on any atom is 0.225 e. The first kappa shape index (κ1) is 14.0. The summed E-state index contributed by atoms with van der Waals surface area (Å²) in [6.07, 6.45) is 2.90. The van der Waals surface area contributed by atoms with E-state index < -0.39 is 0 Å². The summed E-state index contributed by atoms with van der Waals surface area (Å²) < 4.78 is 0. The Morgan fingerprint density at radius 2 is 2.16 bits per heavy atom. The van der Waals surface area contributed by atoms with Gasteiger partial charge in [0.15, 0.2) is 0 Å². The van der Waals surface area contributed by atoms with Crippen molar-refractivity contribution in [3.05, 3.63) is 29.8 Å². The number of hydrogen-bond donors (Lipinski definition) is 3. The molecular formula is C15H22N2O2. The molecule has 4 heteroatoms. The number of aliphatic hydroxyl groups excluding tert-OH is 1. The van der Waals surface area contributed by atoms with Crippen molar-refractivity contribution < 1.29 is 9.90 Å². The molecule has 1 fully saturated rings. The highest BCUT2D eigenvalue weighted by atomic mass is 16.3. The molecule has 0 aromatic heterocycles. The smallest absolute Gasteiger partial charge is 0.225 e. The molecule has 1 amide bonds. The van der Waals surface area contributed by atoms with Crippen molar-refractivity contribution in [1.82, 2.24) is 5.32 Å². The largest absolute Gasteiger partial charge is 0.392 e. The van der Waals surface area contributed by atoms with Crippen molar-refractivity contribution in [3.63, 3.8) is 0 Å². The molecule has 0 spiro atoms. The maximum absolute atomic E-state index is 12.0. The summed E-state index contributed by atoms with van der Waals surface area (Å²) in [6.45, 7) is 3.23. The van der Waals surface area contributed by atoms with Crippen LogP contribution in [-0.4, -0.2) is 23.6 Å².